The first-order chi connectivity index (χ1) is 7.94. The molecule has 0 amide bonds. The Hall–Kier alpha value is -0.850. The maximum absolute atomic E-state index is 11.5. The average molecular weight is 259 g/mol. The van der Waals surface area contributed by atoms with Gasteiger partial charge < -0.3 is 15.3 Å². The lowest BCUT2D eigenvalue weighted by Crippen LogP contribution is -2.21. The van der Waals surface area contributed by atoms with E-state index < -0.39 is 9.84 Å². The van der Waals surface area contributed by atoms with E-state index in [2.05, 4.69) is 0 Å². The summed E-state index contributed by atoms with van der Waals surface area (Å²) in [6.07, 6.45) is 0.920. The van der Waals surface area contributed by atoms with Crippen molar-refractivity contribution in [2.75, 3.05) is 12.4 Å². The normalized spacial score (nSPS) is 19.9. The van der Waals surface area contributed by atoms with Crippen molar-refractivity contribution in [1.82, 2.24) is 0 Å². The first-order valence-electron chi connectivity index (χ1n) is 5.62. The van der Waals surface area contributed by atoms with E-state index in [1.807, 2.05) is 0 Å². The molecule has 1 atom stereocenters. The molecular formula is C11H17NO4S. The molecule has 2 rings (SSSR count). The number of hydrogen-bond donors (Lipinski definition) is 2. The van der Waals surface area contributed by atoms with Gasteiger partial charge in [0.1, 0.15) is 17.3 Å². The highest BCUT2D eigenvalue weighted by Gasteiger charge is 2.30. The molecule has 96 valence electrons. The molecule has 1 aliphatic rings. The van der Waals surface area contributed by atoms with Gasteiger partial charge in [-0.05, 0) is 19.8 Å². The van der Waals surface area contributed by atoms with Gasteiger partial charge in [-0.25, -0.2) is 8.42 Å². The molecule has 0 aliphatic carbocycles. The van der Waals surface area contributed by atoms with E-state index in [4.69, 9.17) is 15.3 Å². The van der Waals surface area contributed by atoms with Crippen molar-refractivity contribution in [3.05, 3.63) is 22.6 Å². The van der Waals surface area contributed by atoms with Crippen LogP contribution in [0.15, 0.2) is 4.42 Å². The summed E-state index contributed by atoms with van der Waals surface area (Å²) in [4.78, 5) is 0. The van der Waals surface area contributed by atoms with Crippen LogP contribution in [0.3, 0.4) is 0 Å². The fraction of sp³-hybridized carbons (Fsp3) is 0.636. The minimum absolute atomic E-state index is 0.0128. The molecule has 17 heavy (non-hydrogen) atoms. The summed E-state index contributed by atoms with van der Waals surface area (Å²) in [5, 5.41) is 8.91. The summed E-state index contributed by atoms with van der Waals surface area (Å²) >= 11 is 0. The Labute approximate surface area is 101 Å². The number of nitrogens with two attached hydrogens (primary N) is 1. The predicted molar refractivity (Wildman–Crippen MR) is 63.3 cm³/mol. The van der Waals surface area contributed by atoms with E-state index in [1.165, 1.54) is 0 Å². The van der Waals surface area contributed by atoms with Crippen LogP contribution in [-0.4, -0.2) is 25.9 Å². The van der Waals surface area contributed by atoms with Crippen LogP contribution in [0.1, 0.15) is 35.1 Å². The molecule has 5 nitrogen and oxygen atoms in total. The molecule has 1 aliphatic heterocycles. The quantitative estimate of drug-likeness (QED) is 0.821. The van der Waals surface area contributed by atoms with Crippen molar-refractivity contribution < 1.29 is 17.9 Å². The Balaban J connectivity index is 2.40. The first-order valence-corrected chi connectivity index (χ1v) is 7.44. The van der Waals surface area contributed by atoms with E-state index in [0.717, 1.165) is 11.1 Å². The van der Waals surface area contributed by atoms with E-state index in [0.29, 0.717) is 24.4 Å². The first kappa shape index (κ1) is 12.6. The number of rotatable bonds is 3. The molecule has 0 saturated heterocycles. The van der Waals surface area contributed by atoms with Crippen molar-refractivity contribution >= 4 is 9.84 Å². The largest absolute Gasteiger partial charge is 0.465 e. The third kappa shape index (κ3) is 2.38. The van der Waals surface area contributed by atoms with E-state index in [-0.39, 0.29) is 24.2 Å². The van der Waals surface area contributed by atoms with Crippen LogP contribution < -0.4 is 5.73 Å². The monoisotopic (exact) mass is 259 g/mol. The van der Waals surface area contributed by atoms with Gasteiger partial charge in [-0.1, -0.05) is 0 Å². The van der Waals surface area contributed by atoms with Crippen molar-refractivity contribution in [2.24, 2.45) is 5.73 Å². The lowest BCUT2D eigenvalue weighted by Gasteiger charge is -2.15. The van der Waals surface area contributed by atoms with Gasteiger partial charge in [-0.15, -0.1) is 0 Å². The Kier molecular flexibility index (Phi) is 3.29. The second kappa shape index (κ2) is 4.44. The minimum atomic E-state index is -3.02. The summed E-state index contributed by atoms with van der Waals surface area (Å²) in [6, 6.07) is -0.284. The molecule has 1 unspecified atom stereocenters. The van der Waals surface area contributed by atoms with Crippen molar-refractivity contribution in [3.63, 3.8) is 0 Å². The highest BCUT2D eigenvalue weighted by molar-refractivity contribution is 7.90. The maximum atomic E-state index is 11.5. The zero-order chi connectivity index (χ0) is 12.6. The molecule has 0 spiro atoms. The van der Waals surface area contributed by atoms with Gasteiger partial charge in [0.25, 0.3) is 0 Å². The minimum Gasteiger partial charge on any atom is -0.465 e. The van der Waals surface area contributed by atoms with Gasteiger partial charge in [0, 0.05) is 23.8 Å². The molecule has 0 radical (unpaired) electrons. The second-order valence-electron chi connectivity index (χ2n) is 4.43. The molecule has 0 bridgehead atoms. The number of aliphatic hydroxyl groups is 1. The molecular weight excluding hydrogens is 242 g/mol. The molecule has 2 heterocycles. The Morgan fingerprint density at radius 1 is 1.53 bits per heavy atom. The number of aliphatic hydroxyl groups excluding tert-OH is 1. The lowest BCUT2D eigenvalue weighted by atomic mass is 9.98. The highest BCUT2D eigenvalue weighted by Crippen LogP contribution is 2.33. The summed E-state index contributed by atoms with van der Waals surface area (Å²) < 4.78 is 28.5. The fourth-order valence-corrected chi connectivity index (χ4v) is 3.64. The van der Waals surface area contributed by atoms with Gasteiger partial charge in [-0.2, -0.15) is 0 Å². The summed E-state index contributed by atoms with van der Waals surface area (Å²) in [7, 11) is -3.02. The van der Waals surface area contributed by atoms with Crippen LogP contribution in [-0.2, 0) is 22.0 Å². The Bertz CT molecular complexity index is 518. The van der Waals surface area contributed by atoms with Crippen molar-refractivity contribution in [1.29, 1.82) is 0 Å². The molecule has 0 aromatic carbocycles. The zero-order valence-electron chi connectivity index (χ0n) is 9.77. The maximum Gasteiger partial charge on any atom is 0.157 e. The SMILES string of the molecule is Cc1oc2c(c1C(N)CCO)CCS(=O)(=O)C2. The second-order valence-corrected chi connectivity index (χ2v) is 6.62. The Morgan fingerprint density at radius 3 is 2.88 bits per heavy atom. The lowest BCUT2D eigenvalue weighted by molar-refractivity contribution is 0.276. The van der Waals surface area contributed by atoms with E-state index in [1.54, 1.807) is 6.92 Å². The topological polar surface area (TPSA) is 93.5 Å². The Morgan fingerprint density at radius 2 is 2.24 bits per heavy atom. The van der Waals surface area contributed by atoms with Gasteiger partial charge in [0.15, 0.2) is 9.84 Å². The summed E-state index contributed by atoms with van der Waals surface area (Å²) in [5.74, 6) is 1.32. The van der Waals surface area contributed by atoms with Crippen molar-refractivity contribution in [3.8, 4) is 0 Å². The van der Waals surface area contributed by atoms with Crippen LogP contribution in [0.4, 0.5) is 0 Å². The number of furan rings is 1. The molecule has 1 aromatic rings. The molecule has 0 saturated carbocycles. The zero-order valence-corrected chi connectivity index (χ0v) is 10.6. The number of hydrogen-bond acceptors (Lipinski definition) is 5. The van der Waals surface area contributed by atoms with Gasteiger partial charge >= 0.3 is 0 Å². The fourth-order valence-electron chi connectivity index (χ4n) is 2.35. The summed E-state index contributed by atoms with van der Waals surface area (Å²) in [5.41, 5.74) is 7.78. The van der Waals surface area contributed by atoms with Gasteiger partial charge in [-0.3, -0.25) is 0 Å². The van der Waals surface area contributed by atoms with E-state index in [9.17, 15) is 8.42 Å². The van der Waals surface area contributed by atoms with Gasteiger partial charge in [0.05, 0.1) is 5.75 Å². The van der Waals surface area contributed by atoms with Crippen LogP contribution in [0.2, 0.25) is 0 Å². The summed E-state index contributed by atoms with van der Waals surface area (Å²) in [6.45, 7) is 1.80. The molecule has 0 fully saturated rings. The van der Waals surface area contributed by atoms with Crippen LogP contribution in [0, 0.1) is 6.92 Å². The molecule has 6 heteroatoms. The number of aryl methyl sites for hydroxylation is 1. The van der Waals surface area contributed by atoms with E-state index >= 15 is 0 Å². The average Bonchev–Trinajstić information content (AvgIpc) is 2.51. The van der Waals surface area contributed by atoms with Crippen molar-refractivity contribution in [2.45, 2.75) is 31.6 Å². The van der Waals surface area contributed by atoms with Crippen LogP contribution in [0.5, 0.6) is 0 Å². The number of sulfone groups is 1. The van der Waals surface area contributed by atoms with Gasteiger partial charge in [0.2, 0.25) is 0 Å². The predicted octanol–water partition coefficient (Wildman–Crippen LogP) is 0.441. The molecule has 1 aromatic heterocycles. The highest BCUT2D eigenvalue weighted by atomic mass is 32.2. The van der Waals surface area contributed by atoms with Crippen LogP contribution in [0.25, 0.3) is 0 Å². The smallest absolute Gasteiger partial charge is 0.157 e. The molecule has 3 N–H and O–H groups in total. The number of fused-ring (bicyclic) bond motifs is 1. The standard InChI is InChI=1S/C11H17NO4S/c1-7-11(9(12)2-4-13)8-3-5-17(14,15)6-10(8)16-7/h9,13H,2-6,12H2,1H3. The third-order valence-corrected chi connectivity index (χ3v) is 4.67. The third-order valence-electron chi connectivity index (χ3n) is 3.14. The van der Waals surface area contributed by atoms with Crippen LogP contribution >= 0.6 is 0 Å².